The molecule has 10 heteroatoms. The number of ether oxygens (including phenoxy) is 2. The molecule has 0 radical (unpaired) electrons. The van der Waals surface area contributed by atoms with Gasteiger partial charge in [0.25, 0.3) is 5.91 Å². The Kier molecular flexibility index (Phi) is 6.40. The summed E-state index contributed by atoms with van der Waals surface area (Å²) in [6, 6.07) is 11.7. The number of carbonyl (C=O) groups excluding carboxylic acids is 4. The van der Waals surface area contributed by atoms with Gasteiger partial charge in [0.05, 0.1) is 6.54 Å². The molecule has 1 fully saturated rings. The lowest BCUT2D eigenvalue weighted by atomic mass is 10.0. The second-order valence-corrected chi connectivity index (χ2v) is 8.70. The quantitative estimate of drug-likeness (QED) is 0.513. The van der Waals surface area contributed by atoms with Crippen LogP contribution in [-0.4, -0.2) is 54.0 Å². The van der Waals surface area contributed by atoms with Crippen LogP contribution in [0.3, 0.4) is 0 Å². The first-order valence-electron chi connectivity index (χ1n) is 10.9. The number of hydrogen-bond donors (Lipinski definition) is 3. The minimum Gasteiger partial charge on any atom is -0.483 e. The van der Waals surface area contributed by atoms with Crippen LogP contribution in [0.2, 0.25) is 0 Å². The van der Waals surface area contributed by atoms with Crippen molar-refractivity contribution in [3.05, 3.63) is 48.0 Å². The maximum atomic E-state index is 12.3. The number of fused-ring (bicyclic) bond motifs is 1. The number of anilines is 2. The van der Waals surface area contributed by atoms with E-state index in [1.807, 2.05) is 26.0 Å². The van der Waals surface area contributed by atoms with Crippen LogP contribution in [-0.2, 0) is 20.8 Å². The summed E-state index contributed by atoms with van der Waals surface area (Å²) < 4.78 is 11.6. The number of nitrogens with one attached hydrogen (secondary N) is 3. The third-order valence-electron chi connectivity index (χ3n) is 5.37. The van der Waals surface area contributed by atoms with Gasteiger partial charge in [-0.2, -0.15) is 0 Å². The van der Waals surface area contributed by atoms with Crippen LogP contribution in [0.5, 0.6) is 11.5 Å². The predicted molar refractivity (Wildman–Crippen MR) is 124 cm³/mol. The molecule has 2 heterocycles. The van der Waals surface area contributed by atoms with Gasteiger partial charge in [-0.15, -0.1) is 0 Å². The molecular formula is C24H26N4O6. The van der Waals surface area contributed by atoms with E-state index in [2.05, 4.69) is 16.0 Å². The first-order chi connectivity index (χ1) is 16.2. The smallest absolute Gasteiger partial charge is 0.324 e. The molecule has 2 aromatic rings. The minimum absolute atomic E-state index is 0.0117. The van der Waals surface area contributed by atoms with Crippen molar-refractivity contribution in [2.24, 2.45) is 0 Å². The van der Waals surface area contributed by atoms with Gasteiger partial charge in [0.1, 0.15) is 5.60 Å². The zero-order chi connectivity index (χ0) is 24.3. The largest absolute Gasteiger partial charge is 0.483 e. The first kappa shape index (κ1) is 23.1. The maximum absolute atomic E-state index is 12.3. The molecule has 0 aliphatic carbocycles. The van der Waals surface area contributed by atoms with Gasteiger partial charge in [0, 0.05) is 36.3 Å². The normalized spacial score (nSPS) is 15.9. The van der Waals surface area contributed by atoms with Crippen molar-refractivity contribution in [2.45, 2.75) is 32.3 Å². The van der Waals surface area contributed by atoms with Gasteiger partial charge in [-0.05, 0) is 44.2 Å². The van der Waals surface area contributed by atoms with Gasteiger partial charge in [0.15, 0.2) is 18.1 Å². The van der Waals surface area contributed by atoms with Gasteiger partial charge < -0.3 is 25.4 Å². The van der Waals surface area contributed by atoms with Crippen molar-refractivity contribution < 1.29 is 28.7 Å². The van der Waals surface area contributed by atoms with Crippen molar-refractivity contribution in [2.75, 3.05) is 30.3 Å². The highest BCUT2D eigenvalue weighted by atomic mass is 16.5. The third-order valence-corrected chi connectivity index (χ3v) is 5.37. The van der Waals surface area contributed by atoms with E-state index < -0.39 is 6.03 Å². The summed E-state index contributed by atoms with van der Waals surface area (Å²) in [7, 11) is 0. The Bertz CT molecular complexity index is 1110. The zero-order valence-corrected chi connectivity index (χ0v) is 19.0. The van der Waals surface area contributed by atoms with Gasteiger partial charge >= 0.3 is 6.03 Å². The van der Waals surface area contributed by atoms with Crippen molar-refractivity contribution in [1.29, 1.82) is 0 Å². The lowest BCUT2D eigenvalue weighted by molar-refractivity contribution is -0.125. The number of urea groups is 1. The molecule has 0 aromatic heterocycles. The summed E-state index contributed by atoms with van der Waals surface area (Å²) >= 11 is 0. The molecular weight excluding hydrogens is 440 g/mol. The van der Waals surface area contributed by atoms with Crippen molar-refractivity contribution in [3.63, 3.8) is 0 Å². The molecule has 10 nitrogen and oxygen atoms in total. The Morgan fingerprint density at radius 2 is 1.74 bits per heavy atom. The number of para-hydroxylation sites is 1. The van der Waals surface area contributed by atoms with Crippen LogP contribution in [0.4, 0.5) is 16.2 Å². The van der Waals surface area contributed by atoms with Gasteiger partial charge in [0.2, 0.25) is 11.8 Å². The highest BCUT2D eigenvalue weighted by Crippen LogP contribution is 2.41. The molecule has 0 unspecified atom stereocenters. The van der Waals surface area contributed by atoms with Crippen molar-refractivity contribution in [3.8, 4) is 11.5 Å². The first-order valence-corrected chi connectivity index (χ1v) is 10.9. The van der Waals surface area contributed by atoms with Gasteiger partial charge in [-0.25, -0.2) is 4.79 Å². The average Bonchev–Trinajstić information content (AvgIpc) is 3.28. The van der Waals surface area contributed by atoms with E-state index >= 15 is 0 Å². The standard InChI is InChI=1S/C24H26N4O6/c1-24(2)12-15-4-3-5-18(22(15)34-24)33-14-20(30)27-17-8-6-16(7-9-17)26-19(29)10-11-28-21(31)13-25-23(28)32/h3-9H,10-14H2,1-2H3,(H,25,32)(H,26,29)(H,27,30). The van der Waals surface area contributed by atoms with Gasteiger partial charge in [-0.1, -0.05) is 12.1 Å². The van der Waals surface area contributed by atoms with Crippen LogP contribution in [0, 0.1) is 0 Å². The lowest BCUT2D eigenvalue weighted by Gasteiger charge is -2.18. The molecule has 1 saturated heterocycles. The van der Waals surface area contributed by atoms with E-state index in [0.29, 0.717) is 22.9 Å². The fraction of sp³-hybridized carbons (Fsp3) is 0.333. The predicted octanol–water partition coefficient (Wildman–Crippen LogP) is 2.30. The van der Waals surface area contributed by atoms with Crippen LogP contribution < -0.4 is 25.4 Å². The van der Waals surface area contributed by atoms with Crippen molar-refractivity contribution >= 4 is 35.1 Å². The number of amides is 5. The van der Waals surface area contributed by atoms with E-state index in [0.717, 1.165) is 16.9 Å². The summed E-state index contributed by atoms with van der Waals surface area (Å²) in [6.45, 7) is 3.79. The molecule has 2 aliphatic heterocycles. The van der Waals surface area contributed by atoms with Crippen molar-refractivity contribution in [1.82, 2.24) is 10.2 Å². The summed E-state index contributed by atoms with van der Waals surface area (Å²) in [4.78, 5) is 48.5. The second-order valence-electron chi connectivity index (χ2n) is 8.70. The van der Waals surface area contributed by atoms with E-state index in [-0.39, 0.29) is 49.4 Å². The Hall–Kier alpha value is -4.08. The molecule has 4 rings (SSSR count). The SMILES string of the molecule is CC1(C)Cc2cccc(OCC(=O)Nc3ccc(NC(=O)CCN4C(=O)CNC4=O)cc3)c2O1. The highest BCUT2D eigenvalue weighted by molar-refractivity contribution is 6.02. The van der Waals surface area contributed by atoms with E-state index in [4.69, 9.17) is 9.47 Å². The molecule has 178 valence electrons. The minimum atomic E-state index is -0.491. The van der Waals surface area contributed by atoms with Crippen LogP contribution >= 0.6 is 0 Å². The fourth-order valence-corrected chi connectivity index (χ4v) is 3.80. The molecule has 34 heavy (non-hydrogen) atoms. The number of rotatable bonds is 8. The van der Waals surface area contributed by atoms with E-state index in [1.165, 1.54) is 0 Å². The fourth-order valence-electron chi connectivity index (χ4n) is 3.80. The van der Waals surface area contributed by atoms with Gasteiger partial charge in [-0.3, -0.25) is 19.3 Å². The lowest BCUT2D eigenvalue weighted by Crippen LogP contribution is -2.33. The third kappa shape index (κ3) is 5.45. The summed E-state index contributed by atoms with van der Waals surface area (Å²) in [5.41, 5.74) is 1.81. The molecule has 2 aliphatic rings. The zero-order valence-electron chi connectivity index (χ0n) is 19.0. The molecule has 5 amide bonds. The van der Waals surface area contributed by atoms with Crippen LogP contribution in [0.15, 0.2) is 42.5 Å². The number of hydrogen-bond acceptors (Lipinski definition) is 6. The molecule has 2 aromatic carbocycles. The van der Waals surface area contributed by atoms with E-state index in [1.54, 1.807) is 30.3 Å². The Morgan fingerprint density at radius 1 is 1.06 bits per heavy atom. The second kappa shape index (κ2) is 9.42. The molecule has 3 N–H and O–H groups in total. The Morgan fingerprint density at radius 3 is 2.38 bits per heavy atom. The summed E-state index contributed by atoms with van der Waals surface area (Å²) in [5, 5.41) is 7.84. The molecule has 0 saturated carbocycles. The monoisotopic (exact) mass is 466 g/mol. The van der Waals surface area contributed by atoms with Crippen LogP contribution in [0.25, 0.3) is 0 Å². The molecule has 0 bridgehead atoms. The molecule has 0 atom stereocenters. The number of carbonyl (C=O) groups is 4. The number of imide groups is 1. The molecule has 0 spiro atoms. The maximum Gasteiger partial charge on any atom is 0.324 e. The average molecular weight is 466 g/mol. The topological polar surface area (TPSA) is 126 Å². The number of nitrogens with zero attached hydrogens (tertiary/aromatic N) is 1. The highest BCUT2D eigenvalue weighted by Gasteiger charge is 2.32. The van der Waals surface area contributed by atoms with Crippen LogP contribution in [0.1, 0.15) is 25.8 Å². The number of benzene rings is 2. The Balaban J connectivity index is 1.24. The summed E-state index contributed by atoms with van der Waals surface area (Å²) in [6.07, 6.45) is 0.763. The Labute approximate surface area is 196 Å². The van der Waals surface area contributed by atoms with E-state index in [9.17, 15) is 19.2 Å². The summed E-state index contributed by atoms with van der Waals surface area (Å²) in [5.74, 6) is 0.188.